The molecule has 1 aliphatic carbocycles. The zero-order valence-electron chi connectivity index (χ0n) is 12.1. The van der Waals surface area contributed by atoms with E-state index in [1.807, 2.05) is 7.05 Å². The van der Waals surface area contributed by atoms with Crippen molar-refractivity contribution in [3.05, 3.63) is 0 Å². The first kappa shape index (κ1) is 15.2. The molecule has 112 valence electrons. The Bertz CT molecular complexity index is 385. The van der Waals surface area contributed by atoms with Crippen LogP contribution >= 0.6 is 0 Å². The normalized spacial score (nSPS) is 24.5. The first-order valence-corrected chi connectivity index (χ1v) is 8.85. The van der Waals surface area contributed by atoms with Crippen LogP contribution in [0.2, 0.25) is 0 Å². The van der Waals surface area contributed by atoms with Gasteiger partial charge in [0.1, 0.15) is 0 Å². The van der Waals surface area contributed by atoms with Crippen molar-refractivity contribution in [2.75, 3.05) is 33.2 Å². The smallest absolute Gasteiger partial charge is 0.279 e. The first-order chi connectivity index (χ1) is 9.01. The van der Waals surface area contributed by atoms with Crippen LogP contribution in [0.4, 0.5) is 0 Å². The van der Waals surface area contributed by atoms with Gasteiger partial charge in [-0.15, -0.1) is 0 Å². The maximum Gasteiger partial charge on any atom is 0.279 e. The molecule has 0 aromatic heterocycles. The van der Waals surface area contributed by atoms with Gasteiger partial charge in [-0.05, 0) is 57.0 Å². The molecule has 0 unspecified atom stereocenters. The van der Waals surface area contributed by atoms with Crippen molar-refractivity contribution >= 4 is 10.2 Å². The zero-order chi connectivity index (χ0) is 13.9. The second-order valence-corrected chi connectivity index (χ2v) is 7.84. The minimum atomic E-state index is -3.26. The highest BCUT2D eigenvalue weighted by atomic mass is 32.2. The number of nitrogens with one attached hydrogen (secondary N) is 2. The topological polar surface area (TPSA) is 61.4 Å². The molecule has 2 rings (SSSR count). The van der Waals surface area contributed by atoms with Crippen molar-refractivity contribution in [1.29, 1.82) is 0 Å². The van der Waals surface area contributed by atoms with Crippen molar-refractivity contribution in [3.63, 3.8) is 0 Å². The Labute approximate surface area is 117 Å². The molecule has 0 bridgehead atoms. The molecule has 1 heterocycles. The Morgan fingerprint density at radius 1 is 1.26 bits per heavy atom. The number of rotatable bonds is 7. The van der Waals surface area contributed by atoms with Crippen LogP contribution < -0.4 is 10.0 Å². The van der Waals surface area contributed by atoms with Gasteiger partial charge in [0.05, 0.1) is 0 Å². The van der Waals surface area contributed by atoms with Gasteiger partial charge >= 0.3 is 0 Å². The van der Waals surface area contributed by atoms with Gasteiger partial charge in [0.15, 0.2) is 0 Å². The van der Waals surface area contributed by atoms with E-state index in [0.29, 0.717) is 25.6 Å². The van der Waals surface area contributed by atoms with E-state index in [9.17, 15) is 8.42 Å². The third-order valence-corrected chi connectivity index (χ3v) is 6.30. The maximum absolute atomic E-state index is 12.2. The average Bonchev–Trinajstić information content (AvgIpc) is 3.18. The summed E-state index contributed by atoms with van der Waals surface area (Å²) in [6, 6.07) is 0. The fraction of sp³-hybridized carbons (Fsp3) is 1.00. The molecule has 2 fully saturated rings. The van der Waals surface area contributed by atoms with Gasteiger partial charge in [0, 0.05) is 19.6 Å². The number of piperidine rings is 1. The van der Waals surface area contributed by atoms with Crippen LogP contribution in [0.15, 0.2) is 0 Å². The van der Waals surface area contributed by atoms with Crippen molar-refractivity contribution in [1.82, 2.24) is 14.3 Å². The van der Waals surface area contributed by atoms with Gasteiger partial charge in [0.25, 0.3) is 10.2 Å². The van der Waals surface area contributed by atoms with Crippen LogP contribution in [-0.4, -0.2) is 45.9 Å². The lowest BCUT2D eigenvalue weighted by molar-refractivity contribution is 0.267. The van der Waals surface area contributed by atoms with E-state index in [4.69, 9.17) is 0 Å². The van der Waals surface area contributed by atoms with Crippen molar-refractivity contribution < 1.29 is 8.42 Å². The molecule has 0 aromatic carbocycles. The molecule has 5 nitrogen and oxygen atoms in total. The van der Waals surface area contributed by atoms with Gasteiger partial charge in [-0.2, -0.15) is 12.7 Å². The lowest BCUT2D eigenvalue weighted by Crippen LogP contribution is -2.47. The van der Waals surface area contributed by atoms with E-state index in [1.54, 1.807) is 4.31 Å². The molecular weight excluding hydrogens is 262 g/mol. The predicted octanol–water partition coefficient (Wildman–Crippen LogP) is 0.942. The largest absolute Gasteiger partial charge is 0.319 e. The van der Waals surface area contributed by atoms with Crippen LogP contribution in [0.25, 0.3) is 0 Å². The molecule has 1 saturated heterocycles. The van der Waals surface area contributed by atoms with Gasteiger partial charge in [-0.1, -0.05) is 6.92 Å². The summed E-state index contributed by atoms with van der Waals surface area (Å²) in [5.41, 5.74) is 0.261. The molecule has 2 N–H and O–H groups in total. The molecule has 0 atom stereocenters. The Balaban J connectivity index is 1.80. The minimum absolute atomic E-state index is 0.261. The summed E-state index contributed by atoms with van der Waals surface area (Å²) in [6.07, 6.45) is 5.31. The van der Waals surface area contributed by atoms with Gasteiger partial charge in [-0.25, -0.2) is 4.72 Å². The summed E-state index contributed by atoms with van der Waals surface area (Å²) < 4.78 is 28.9. The van der Waals surface area contributed by atoms with Crippen LogP contribution in [-0.2, 0) is 10.2 Å². The third kappa shape index (κ3) is 3.90. The zero-order valence-corrected chi connectivity index (χ0v) is 12.9. The maximum atomic E-state index is 12.2. The molecule has 19 heavy (non-hydrogen) atoms. The molecule has 1 aliphatic heterocycles. The van der Waals surface area contributed by atoms with Crippen molar-refractivity contribution in [3.8, 4) is 0 Å². The summed E-state index contributed by atoms with van der Waals surface area (Å²) in [6.45, 7) is 5.05. The third-order valence-electron chi connectivity index (χ3n) is 4.74. The SMILES string of the molecule is CCC1(CNS(=O)(=O)N2CCC(CNC)CC2)CC1. The summed E-state index contributed by atoms with van der Waals surface area (Å²) >= 11 is 0. The average molecular weight is 289 g/mol. The molecule has 0 radical (unpaired) electrons. The Morgan fingerprint density at radius 2 is 1.89 bits per heavy atom. The molecule has 6 heteroatoms. The predicted molar refractivity (Wildman–Crippen MR) is 77.1 cm³/mol. The van der Waals surface area contributed by atoms with E-state index in [0.717, 1.165) is 38.6 Å². The lowest BCUT2D eigenvalue weighted by Gasteiger charge is -2.31. The van der Waals surface area contributed by atoms with Crippen molar-refractivity contribution in [2.24, 2.45) is 11.3 Å². The number of hydrogen-bond donors (Lipinski definition) is 2. The van der Waals surface area contributed by atoms with E-state index >= 15 is 0 Å². The van der Waals surface area contributed by atoms with E-state index in [-0.39, 0.29) is 5.41 Å². The minimum Gasteiger partial charge on any atom is -0.319 e. The monoisotopic (exact) mass is 289 g/mol. The van der Waals surface area contributed by atoms with Gasteiger partial charge in [-0.3, -0.25) is 0 Å². The van der Waals surface area contributed by atoms with Gasteiger partial charge in [0.2, 0.25) is 0 Å². The first-order valence-electron chi connectivity index (χ1n) is 7.41. The number of hydrogen-bond acceptors (Lipinski definition) is 3. The van der Waals surface area contributed by atoms with Crippen LogP contribution in [0.3, 0.4) is 0 Å². The summed E-state index contributed by atoms with van der Waals surface area (Å²) in [5, 5.41) is 3.17. The lowest BCUT2D eigenvalue weighted by atomic mass is 9.98. The fourth-order valence-corrected chi connectivity index (χ4v) is 4.17. The molecule has 1 saturated carbocycles. The van der Waals surface area contributed by atoms with Crippen LogP contribution in [0.1, 0.15) is 39.0 Å². The van der Waals surface area contributed by atoms with Crippen LogP contribution in [0, 0.1) is 11.3 Å². The molecule has 0 aromatic rings. The fourth-order valence-electron chi connectivity index (χ4n) is 2.81. The summed E-state index contributed by atoms with van der Waals surface area (Å²) in [5.74, 6) is 0.613. The second kappa shape index (κ2) is 6.08. The highest BCUT2D eigenvalue weighted by molar-refractivity contribution is 7.87. The Morgan fingerprint density at radius 3 is 2.37 bits per heavy atom. The van der Waals surface area contributed by atoms with Crippen molar-refractivity contribution in [2.45, 2.75) is 39.0 Å². The van der Waals surface area contributed by atoms with E-state index in [1.165, 1.54) is 0 Å². The molecular formula is C13H27N3O2S. The quantitative estimate of drug-likeness (QED) is 0.733. The highest BCUT2D eigenvalue weighted by Crippen LogP contribution is 2.48. The Kier molecular flexibility index (Phi) is 4.87. The highest BCUT2D eigenvalue weighted by Gasteiger charge is 2.41. The summed E-state index contributed by atoms with van der Waals surface area (Å²) in [7, 11) is -1.31. The Hall–Kier alpha value is -0.170. The van der Waals surface area contributed by atoms with E-state index < -0.39 is 10.2 Å². The van der Waals surface area contributed by atoms with Crippen LogP contribution in [0.5, 0.6) is 0 Å². The second-order valence-electron chi connectivity index (χ2n) is 6.08. The summed E-state index contributed by atoms with van der Waals surface area (Å²) in [4.78, 5) is 0. The number of nitrogens with zero attached hydrogens (tertiary/aromatic N) is 1. The molecule has 2 aliphatic rings. The molecule has 0 amide bonds. The van der Waals surface area contributed by atoms with E-state index in [2.05, 4.69) is 17.0 Å². The molecule has 0 spiro atoms. The van der Waals surface area contributed by atoms with Gasteiger partial charge < -0.3 is 5.32 Å². The standard InChI is InChI=1S/C13H27N3O2S/c1-3-13(6-7-13)11-15-19(17,18)16-8-4-12(5-9-16)10-14-2/h12,14-15H,3-11H2,1-2H3.